The minimum Gasteiger partial charge on any atom is -0.492 e. The van der Waals surface area contributed by atoms with Gasteiger partial charge in [-0.05, 0) is 76.1 Å². The van der Waals surface area contributed by atoms with Gasteiger partial charge in [-0.3, -0.25) is 4.79 Å². The number of aryl methyl sites for hydroxylation is 1. The molecule has 9 heteroatoms. The Hall–Kier alpha value is -3.07. The Balaban J connectivity index is 0. The Labute approximate surface area is 221 Å². The summed E-state index contributed by atoms with van der Waals surface area (Å²) in [4.78, 5) is 24.8. The summed E-state index contributed by atoms with van der Waals surface area (Å²) in [7, 11) is 7.98. The summed E-state index contributed by atoms with van der Waals surface area (Å²) in [6, 6.07) is 14.9. The molecule has 0 saturated heterocycles. The summed E-state index contributed by atoms with van der Waals surface area (Å²) in [5, 5.41) is 17.0. The third-order valence-corrected chi connectivity index (χ3v) is 4.46. The summed E-state index contributed by atoms with van der Waals surface area (Å²) >= 11 is 0. The molecule has 2 rings (SSSR count). The summed E-state index contributed by atoms with van der Waals surface area (Å²) < 4.78 is 11.1. The first-order valence-electron chi connectivity index (χ1n) is 11.0. The molecule has 0 atom stereocenters. The van der Waals surface area contributed by atoms with Crippen molar-refractivity contribution < 1.29 is 29.3 Å². The molecule has 0 aliphatic rings. The lowest BCUT2D eigenvalue weighted by Gasteiger charge is -2.11. The van der Waals surface area contributed by atoms with E-state index in [0.29, 0.717) is 19.6 Å². The predicted octanol–water partition coefficient (Wildman–Crippen LogP) is 4.43. The fourth-order valence-corrected chi connectivity index (χ4v) is 2.54. The van der Waals surface area contributed by atoms with Crippen LogP contribution in [0, 0.1) is 0 Å². The SMILES string of the molecule is C.CN(C)CCOc1ccc(/C=C/C(=O)O)cc1.CN(C)CCOc1ccc(CCC(=O)O)cc1.Cl. The molecule has 0 aliphatic heterocycles. The van der Waals surface area contributed by atoms with Crippen molar-refractivity contribution in [1.82, 2.24) is 9.80 Å². The number of rotatable bonds is 13. The number of aliphatic carboxylic acids is 2. The van der Waals surface area contributed by atoms with Gasteiger partial charge < -0.3 is 29.5 Å². The van der Waals surface area contributed by atoms with Crippen LogP contribution < -0.4 is 9.47 Å². The van der Waals surface area contributed by atoms with Gasteiger partial charge in [-0.1, -0.05) is 31.7 Å². The molecule has 0 radical (unpaired) electrons. The lowest BCUT2D eigenvalue weighted by atomic mass is 10.1. The van der Waals surface area contributed by atoms with Crippen molar-refractivity contribution in [2.24, 2.45) is 0 Å². The van der Waals surface area contributed by atoms with Crippen LogP contribution in [0.1, 0.15) is 25.0 Å². The fourth-order valence-electron chi connectivity index (χ4n) is 2.54. The number of nitrogens with zero attached hydrogens (tertiary/aromatic N) is 2. The van der Waals surface area contributed by atoms with E-state index in [-0.39, 0.29) is 26.3 Å². The van der Waals surface area contributed by atoms with Crippen molar-refractivity contribution in [2.45, 2.75) is 20.3 Å². The highest BCUT2D eigenvalue weighted by Crippen LogP contribution is 2.14. The number of halogens is 1. The second kappa shape index (κ2) is 20.2. The van der Waals surface area contributed by atoms with Crippen LogP contribution in [-0.2, 0) is 16.0 Å². The maximum atomic E-state index is 10.4. The van der Waals surface area contributed by atoms with Gasteiger partial charge in [0.1, 0.15) is 24.7 Å². The number of hydrogen-bond donors (Lipinski definition) is 2. The van der Waals surface area contributed by atoms with E-state index < -0.39 is 11.9 Å². The first kappa shape index (κ1) is 35.1. The van der Waals surface area contributed by atoms with Crippen LogP contribution >= 0.6 is 12.4 Å². The zero-order chi connectivity index (χ0) is 25.3. The first-order chi connectivity index (χ1) is 16.2. The van der Waals surface area contributed by atoms with Crippen LogP contribution in [0.15, 0.2) is 54.6 Å². The standard InChI is InChI=1S/C13H19NO3.C13H17NO3.CH4.ClH/c2*1-14(2)9-10-17-12-6-3-11(4-7-12)5-8-13(15)16;;/h3-4,6-7H,5,8-10H2,1-2H3,(H,15,16);3-8H,9-10H2,1-2H3,(H,15,16);1H4;1H/b;8-5+;;. The minimum atomic E-state index is -0.948. The van der Waals surface area contributed by atoms with E-state index >= 15 is 0 Å². The molecule has 2 N–H and O–H groups in total. The highest BCUT2D eigenvalue weighted by molar-refractivity contribution is 5.85. The highest BCUT2D eigenvalue weighted by Gasteiger charge is 2.00. The normalized spacial score (nSPS) is 10.2. The monoisotopic (exact) mass is 524 g/mol. The van der Waals surface area contributed by atoms with E-state index in [9.17, 15) is 9.59 Å². The molecule has 0 amide bonds. The van der Waals surface area contributed by atoms with Gasteiger partial charge in [0.2, 0.25) is 0 Å². The molecule has 0 fully saturated rings. The third-order valence-electron chi connectivity index (χ3n) is 4.46. The quantitative estimate of drug-likeness (QED) is 0.371. The highest BCUT2D eigenvalue weighted by atomic mass is 35.5. The number of carboxylic acid groups (broad SMARTS) is 2. The largest absolute Gasteiger partial charge is 0.492 e. The topological polar surface area (TPSA) is 99.5 Å². The van der Waals surface area contributed by atoms with Crippen molar-refractivity contribution in [3.05, 3.63) is 65.7 Å². The van der Waals surface area contributed by atoms with E-state index in [2.05, 4.69) is 4.90 Å². The Morgan fingerprint density at radius 1 is 0.806 bits per heavy atom. The van der Waals surface area contributed by atoms with E-state index in [1.165, 1.54) is 0 Å². The van der Waals surface area contributed by atoms with Crippen molar-refractivity contribution in [1.29, 1.82) is 0 Å². The molecule has 0 aromatic heterocycles. The second-order valence-electron chi connectivity index (χ2n) is 8.08. The molecule has 36 heavy (non-hydrogen) atoms. The van der Waals surface area contributed by atoms with Gasteiger partial charge in [0.15, 0.2) is 0 Å². The maximum absolute atomic E-state index is 10.4. The molecule has 8 nitrogen and oxygen atoms in total. The van der Waals surface area contributed by atoms with E-state index in [4.69, 9.17) is 19.7 Å². The molecule has 0 heterocycles. The van der Waals surface area contributed by atoms with Gasteiger partial charge in [0.05, 0.1) is 0 Å². The second-order valence-corrected chi connectivity index (χ2v) is 8.08. The zero-order valence-electron chi connectivity index (χ0n) is 20.8. The summed E-state index contributed by atoms with van der Waals surface area (Å²) in [5.74, 6) is -0.0992. The van der Waals surface area contributed by atoms with Gasteiger partial charge in [0.25, 0.3) is 0 Å². The first-order valence-corrected chi connectivity index (χ1v) is 11.0. The van der Waals surface area contributed by atoms with Crippen LogP contribution in [0.4, 0.5) is 0 Å². The molecule has 0 aliphatic carbocycles. The van der Waals surface area contributed by atoms with Gasteiger partial charge >= 0.3 is 11.9 Å². The zero-order valence-corrected chi connectivity index (χ0v) is 21.7. The third kappa shape index (κ3) is 18.3. The number of carbonyl (C=O) groups is 2. The molecule has 2 aromatic rings. The van der Waals surface area contributed by atoms with Crippen LogP contribution in [0.3, 0.4) is 0 Å². The van der Waals surface area contributed by atoms with E-state index in [0.717, 1.165) is 41.8 Å². The van der Waals surface area contributed by atoms with Crippen molar-refractivity contribution >= 4 is 30.4 Å². The molecule has 202 valence electrons. The summed E-state index contributed by atoms with van der Waals surface area (Å²) in [6.45, 7) is 3.03. The number of hydrogen-bond acceptors (Lipinski definition) is 6. The van der Waals surface area contributed by atoms with Gasteiger partial charge in [-0.15, -0.1) is 12.4 Å². The Kier molecular flexibility index (Phi) is 19.6. The smallest absolute Gasteiger partial charge is 0.328 e. The van der Waals surface area contributed by atoms with Crippen molar-refractivity contribution in [2.75, 3.05) is 54.5 Å². The van der Waals surface area contributed by atoms with Gasteiger partial charge in [-0.2, -0.15) is 0 Å². The summed E-state index contributed by atoms with van der Waals surface area (Å²) in [6.07, 6.45) is 3.39. The van der Waals surface area contributed by atoms with Crippen LogP contribution in [0.2, 0.25) is 0 Å². The van der Waals surface area contributed by atoms with Crippen LogP contribution in [0.5, 0.6) is 11.5 Å². The molecule has 0 unspecified atom stereocenters. The predicted molar refractivity (Wildman–Crippen MR) is 148 cm³/mol. The molecular formula is C27H41ClN2O6. The van der Waals surface area contributed by atoms with Crippen molar-refractivity contribution in [3.8, 4) is 11.5 Å². The molecule has 2 aromatic carbocycles. The molecular weight excluding hydrogens is 484 g/mol. The van der Waals surface area contributed by atoms with Crippen LogP contribution in [0.25, 0.3) is 6.08 Å². The number of likely N-dealkylation sites (N-methyl/N-ethyl adjacent to an activating group) is 2. The molecule has 0 bridgehead atoms. The maximum Gasteiger partial charge on any atom is 0.328 e. The number of benzene rings is 2. The number of carboxylic acids is 2. The van der Waals surface area contributed by atoms with Gasteiger partial charge in [-0.25, -0.2) is 4.79 Å². The number of ether oxygens (including phenoxy) is 2. The molecule has 0 saturated carbocycles. The fraction of sp³-hybridized carbons (Fsp3) is 0.407. The molecule has 0 spiro atoms. The lowest BCUT2D eigenvalue weighted by Crippen LogP contribution is -2.19. The van der Waals surface area contributed by atoms with E-state index in [1.54, 1.807) is 6.08 Å². The Morgan fingerprint density at radius 3 is 1.64 bits per heavy atom. The van der Waals surface area contributed by atoms with E-state index in [1.807, 2.05) is 81.6 Å². The summed E-state index contributed by atoms with van der Waals surface area (Å²) in [5.41, 5.74) is 1.86. The van der Waals surface area contributed by atoms with Crippen molar-refractivity contribution in [3.63, 3.8) is 0 Å². The Morgan fingerprint density at radius 2 is 1.25 bits per heavy atom. The Bertz CT molecular complexity index is 884. The lowest BCUT2D eigenvalue weighted by molar-refractivity contribution is -0.137. The minimum absolute atomic E-state index is 0. The van der Waals surface area contributed by atoms with Crippen LogP contribution in [-0.4, -0.2) is 86.4 Å². The average molecular weight is 525 g/mol. The average Bonchev–Trinajstić information content (AvgIpc) is 2.78. The van der Waals surface area contributed by atoms with Gasteiger partial charge in [0, 0.05) is 25.6 Å².